The van der Waals surface area contributed by atoms with Crippen LogP contribution in [0.5, 0.6) is 17.2 Å². The van der Waals surface area contributed by atoms with Crippen molar-refractivity contribution >= 4 is 5.91 Å². The lowest BCUT2D eigenvalue weighted by atomic mass is 10.1. The van der Waals surface area contributed by atoms with Gasteiger partial charge in [-0.3, -0.25) is 4.79 Å². The van der Waals surface area contributed by atoms with Gasteiger partial charge in [0, 0.05) is 12.1 Å². The van der Waals surface area contributed by atoms with Crippen molar-refractivity contribution in [2.24, 2.45) is 0 Å². The summed E-state index contributed by atoms with van der Waals surface area (Å²) in [6.07, 6.45) is 0. The molecular weight excluding hydrogens is 354 g/mol. The third-order valence-electron chi connectivity index (χ3n) is 4.27. The van der Waals surface area contributed by atoms with E-state index in [0.717, 1.165) is 11.1 Å². The molecule has 0 fully saturated rings. The van der Waals surface area contributed by atoms with Crippen LogP contribution in [0.4, 0.5) is 0 Å². The lowest BCUT2D eigenvalue weighted by molar-refractivity contribution is 0.0951. The number of methoxy groups -OCH3 is 2. The highest BCUT2D eigenvalue weighted by Crippen LogP contribution is 2.29. The monoisotopic (exact) mass is 377 g/mol. The van der Waals surface area contributed by atoms with Crippen LogP contribution in [0, 0.1) is 0 Å². The quantitative estimate of drug-likeness (QED) is 0.639. The Hall–Kier alpha value is -3.47. The van der Waals surface area contributed by atoms with E-state index < -0.39 is 0 Å². The zero-order valence-corrected chi connectivity index (χ0v) is 16.0. The fourth-order valence-electron chi connectivity index (χ4n) is 2.70. The van der Waals surface area contributed by atoms with E-state index in [4.69, 9.17) is 14.2 Å². The van der Waals surface area contributed by atoms with Crippen molar-refractivity contribution in [3.8, 4) is 17.2 Å². The molecule has 0 unspecified atom stereocenters. The van der Waals surface area contributed by atoms with E-state index in [1.165, 1.54) is 0 Å². The van der Waals surface area contributed by atoms with Gasteiger partial charge in [-0.15, -0.1) is 0 Å². The first kappa shape index (κ1) is 19.3. The average molecular weight is 377 g/mol. The van der Waals surface area contributed by atoms with Gasteiger partial charge < -0.3 is 19.5 Å². The smallest absolute Gasteiger partial charge is 0.251 e. The van der Waals surface area contributed by atoms with E-state index in [1.54, 1.807) is 38.5 Å². The predicted octanol–water partition coefficient (Wildman–Crippen LogP) is 4.21. The zero-order chi connectivity index (χ0) is 19.8. The minimum absolute atomic E-state index is 0.147. The van der Waals surface area contributed by atoms with Gasteiger partial charge in [-0.05, 0) is 47.5 Å². The number of carbonyl (C=O) groups is 1. The van der Waals surface area contributed by atoms with Crippen LogP contribution in [-0.2, 0) is 13.2 Å². The van der Waals surface area contributed by atoms with Gasteiger partial charge in [0.05, 0.1) is 14.2 Å². The highest BCUT2D eigenvalue weighted by molar-refractivity contribution is 5.94. The fourth-order valence-corrected chi connectivity index (χ4v) is 2.70. The Bertz CT molecular complexity index is 908. The van der Waals surface area contributed by atoms with Gasteiger partial charge in [-0.2, -0.15) is 0 Å². The van der Waals surface area contributed by atoms with Gasteiger partial charge in [-0.25, -0.2) is 0 Å². The number of amides is 1. The molecule has 3 aromatic rings. The van der Waals surface area contributed by atoms with E-state index in [1.807, 2.05) is 48.5 Å². The molecule has 0 aliphatic rings. The Balaban J connectivity index is 1.60. The third-order valence-corrected chi connectivity index (χ3v) is 4.27. The van der Waals surface area contributed by atoms with Crippen molar-refractivity contribution in [2.45, 2.75) is 13.2 Å². The fraction of sp³-hybridized carbons (Fsp3) is 0.174. The molecule has 0 spiro atoms. The molecule has 0 atom stereocenters. The molecule has 5 nitrogen and oxygen atoms in total. The summed E-state index contributed by atoms with van der Waals surface area (Å²) in [5.74, 6) is 1.86. The van der Waals surface area contributed by atoms with Crippen molar-refractivity contribution in [1.29, 1.82) is 0 Å². The highest BCUT2D eigenvalue weighted by atomic mass is 16.5. The van der Waals surface area contributed by atoms with Crippen LogP contribution in [-0.4, -0.2) is 20.1 Å². The zero-order valence-electron chi connectivity index (χ0n) is 16.0. The van der Waals surface area contributed by atoms with Crippen LogP contribution >= 0.6 is 0 Å². The number of benzene rings is 3. The topological polar surface area (TPSA) is 56.8 Å². The summed E-state index contributed by atoms with van der Waals surface area (Å²) < 4.78 is 16.4. The molecule has 1 N–H and O–H groups in total. The molecule has 0 aromatic heterocycles. The second-order valence-electron chi connectivity index (χ2n) is 6.17. The molecule has 0 radical (unpaired) electrons. The predicted molar refractivity (Wildman–Crippen MR) is 108 cm³/mol. The van der Waals surface area contributed by atoms with E-state index in [-0.39, 0.29) is 5.91 Å². The van der Waals surface area contributed by atoms with Gasteiger partial charge >= 0.3 is 0 Å². The van der Waals surface area contributed by atoms with Crippen molar-refractivity contribution in [2.75, 3.05) is 14.2 Å². The molecule has 0 heterocycles. The minimum Gasteiger partial charge on any atom is -0.497 e. The van der Waals surface area contributed by atoms with Crippen molar-refractivity contribution in [3.63, 3.8) is 0 Å². The SMILES string of the molecule is COc1ccc(C(=O)NCc2ccc(OCc3ccccc3)c(OC)c2)cc1. The van der Waals surface area contributed by atoms with Crippen LogP contribution in [0.3, 0.4) is 0 Å². The Morgan fingerprint density at radius 1 is 0.821 bits per heavy atom. The van der Waals surface area contributed by atoms with Gasteiger partial charge in [-0.1, -0.05) is 36.4 Å². The molecule has 3 rings (SSSR count). The minimum atomic E-state index is -0.147. The highest BCUT2D eigenvalue weighted by Gasteiger charge is 2.09. The van der Waals surface area contributed by atoms with E-state index in [9.17, 15) is 4.79 Å². The molecule has 0 saturated heterocycles. The van der Waals surface area contributed by atoms with Gasteiger partial charge in [0.2, 0.25) is 0 Å². The molecule has 0 bridgehead atoms. The maximum Gasteiger partial charge on any atom is 0.251 e. The number of hydrogen-bond acceptors (Lipinski definition) is 4. The molecule has 28 heavy (non-hydrogen) atoms. The van der Waals surface area contributed by atoms with Gasteiger partial charge in [0.15, 0.2) is 11.5 Å². The molecule has 1 amide bonds. The number of rotatable bonds is 8. The van der Waals surface area contributed by atoms with Crippen LogP contribution < -0.4 is 19.5 Å². The molecule has 0 aliphatic heterocycles. The second-order valence-corrected chi connectivity index (χ2v) is 6.17. The molecule has 3 aromatic carbocycles. The Labute approximate surface area is 164 Å². The lowest BCUT2D eigenvalue weighted by Crippen LogP contribution is -2.22. The van der Waals surface area contributed by atoms with E-state index >= 15 is 0 Å². The molecule has 0 saturated carbocycles. The lowest BCUT2D eigenvalue weighted by Gasteiger charge is -2.13. The molecule has 0 aliphatic carbocycles. The number of hydrogen-bond donors (Lipinski definition) is 1. The average Bonchev–Trinajstić information content (AvgIpc) is 2.77. The summed E-state index contributed by atoms with van der Waals surface area (Å²) in [6, 6.07) is 22.6. The van der Waals surface area contributed by atoms with Crippen molar-refractivity contribution in [3.05, 3.63) is 89.5 Å². The van der Waals surface area contributed by atoms with Crippen molar-refractivity contribution in [1.82, 2.24) is 5.32 Å². The maximum absolute atomic E-state index is 12.3. The summed E-state index contributed by atoms with van der Waals surface area (Å²) in [6.45, 7) is 0.852. The second kappa shape index (κ2) is 9.46. The van der Waals surface area contributed by atoms with Crippen LogP contribution in [0.1, 0.15) is 21.5 Å². The third kappa shape index (κ3) is 5.04. The first-order chi connectivity index (χ1) is 13.7. The van der Waals surface area contributed by atoms with Crippen LogP contribution in [0.25, 0.3) is 0 Å². The standard InChI is InChI=1S/C23H23NO4/c1-26-20-11-9-19(10-12-20)23(25)24-15-18-8-13-21(22(14-18)27-2)28-16-17-6-4-3-5-7-17/h3-14H,15-16H2,1-2H3,(H,24,25). The Kier molecular flexibility index (Phi) is 6.52. The van der Waals surface area contributed by atoms with E-state index in [2.05, 4.69) is 5.32 Å². The first-order valence-electron chi connectivity index (χ1n) is 8.95. The molecular formula is C23H23NO4. The van der Waals surface area contributed by atoms with Crippen molar-refractivity contribution < 1.29 is 19.0 Å². The Morgan fingerprint density at radius 2 is 1.57 bits per heavy atom. The summed E-state index contributed by atoms with van der Waals surface area (Å²) in [4.78, 5) is 12.3. The molecule has 144 valence electrons. The largest absolute Gasteiger partial charge is 0.497 e. The summed E-state index contributed by atoms with van der Waals surface area (Å²) >= 11 is 0. The summed E-state index contributed by atoms with van der Waals surface area (Å²) in [5.41, 5.74) is 2.58. The Morgan fingerprint density at radius 3 is 2.25 bits per heavy atom. The molecule has 5 heteroatoms. The van der Waals surface area contributed by atoms with Crippen LogP contribution in [0.2, 0.25) is 0 Å². The number of ether oxygens (including phenoxy) is 3. The van der Waals surface area contributed by atoms with E-state index in [0.29, 0.717) is 36.0 Å². The number of carbonyl (C=O) groups excluding carboxylic acids is 1. The first-order valence-corrected chi connectivity index (χ1v) is 8.95. The van der Waals surface area contributed by atoms with Gasteiger partial charge in [0.1, 0.15) is 12.4 Å². The number of nitrogens with one attached hydrogen (secondary N) is 1. The normalized spacial score (nSPS) is 10.2. The van der Waals surface area contributed by atoms with Crippen LogP contribution in [0.15, 0.2) is 72.8 Å². The summed E-state index contributed by atoms with van der Waals surface area (Å²) in [5, 5.41) is 2.91. The summed E-state index contributed by atoms with van der Waals surface area (Å²) in [7, 11) is 3.19. The maximum atomic E-state index is 12.3. The van der Waals surface area contributed by atoms with Gasteiger partial charge in [0.25, 0.3) is 5.91 Å².